The van der Waals surface area contributed by atoms with Gasteiger partial charge in [0.2, 0.25) is 0 Å². The summed E-state index contributed by atoms with van der Waals surface area (Å²) < 4.78 is 297. The van der Waals surface area contributed by atoms with Gasteiger partial charge in [-0.1, -0.05) is 0 Å². The largest absolute Gasteiger partial charge is 0.496 e. The molecule has 15 rings (SSSR count). The van der Waals surface area contributed by atoms with Gasteiger partial charge in [-0.2, -0.15) is 52.7 Å². The third-order valence-electron chi connectivity index (χ3n) is 23.2. The number of ether oxygens (including phenoxy) is 7. The zero-order chi connectivity index (χ0) is 102. The number of hydrogen-bond acceptors (Lipinski definition) is 23. The number of alkyl halides is 12. The first-order chi connectivity index (χ1) is 66.1. The smallest absolute Gasteiger partial charge is 0.418 e. The second kappa shape index (κ2) is 41.4. The quantitative estimate of drug-likeness (QED) is 0.0322. The summed E-state index contributed by atoms with van der Waals surface area (Å²) in [5.74, 6) is -15.4. The number of anilines is 3. The molecule has 3 amide bonds. The lowest BCUT2D eigenvalue weighted by Gasteiger charge is -2.38. The maximum atomic E-state index is 15.2. The molecule has 0 radical (unpaired) electrons. The number of halogens is 18. The molecule has 0 spiro atoms. The summed E-state index contributed by atoms with van der Waals surface area (Å²) in [7, 11) is 8.95. The molecule has 32 nitrogen and oxygen atoms in total. The number of morpholine rings is 3. The molecule has 3 aromatic carbocycles. The molecule has 12 aromatic rings. The van der Waals surface area contributed by atoms with Gasteiger partial charge >= 0.3 is 48.3 Å². The number of carbonyl (C=O) groups is 6. The SMILES string of the molecule is COC(=O)[C@H](Cc1ccc(-c2c(OC)cc(C)n(C)c2=O)c2nccn12)NC(=O)c1c(F)cc(N2CCOC[C@@H]2C(F)(F)F)cc1F.COC(=O)[C@H](Cc1ccc(-c2cn(C)c(=O)n(C)c2=O)c2nccn12)NC(=O)c1c(F)cc(N2CCOC[C@@H]2C(F)(F)F)cc1F.COC(=O)[C@H](Cc1ccc(-c2ncc(C)cc2C(F)(F)F)c2nccn12)NC(=O)c1c(F)cc(N2CCOC[C@@H]2C(F)(F)F)cc1F. The summed E-state index contributed by atoms with van der Waals surface area (Å²) in [6.45, 7) is -0.241. The maximum absolute atomic E-state index is 15.2. The van der Waals surface area contributed by atoms with Gasteiger partial charge in [0.15, 0.2) is 0 Å². The lowest BCUT2D eigenvalue weighted by Crippen LogP contribution is -2.53. The molecule has 0 aliphatic carbocycles. The molecule has 0 unspecified atom stereocenters. The molecular weight excluding hydrogens is 1900 g/mol. The number of rotatable bonds is 22. The Labute approximate surface area is 778 Å². The first-order valence-electron chi connectivity index (χ1n) is 41.9. The molecule has 3 aliphatic heterocycles. The maximum Gasteiger partial charge on any atom is 0.418 e. The van der Waals surface area contributed by atoms with Crippen molar-refractivity contribution in [2.75, 3.05) is 102 Å². The average molecular weight is 1990 g/mol. The summed E-state index contributed by atoms with van der Waals surface area (Å²) in [6, 6.07) is 4.25. The highest BCUT2D eigenvalue weighted by Gasteiger charge is 2.50. The first kappa shape index (κ1) is 103. The van der Waals surface area contributed by atoms with E-state index in [2.05, 4.69) is 35.9 Å². The number of nitrogens with zero attached hydrogens (tertiary/aromatic N) is 13. The number of fused-ring (bicyclic) bond motifs is 3. The van der Waals surface area contributed by atoms with E-state index in [4.69, 9.17) is 33.2 Å². The Kier molecular flexibility index (Phi) is 30.4. The zero-order valence-electron chi connectivity index (χ0n) is 74.8. The second-order valence-electron chi connectivity index (χ2n) is 32.0. The van der Waals surface area contributed by atoms with E-state index in [1.807, 2.05) is 0 Å². The fraction of sp³-hybridized carbons (Fsp3) is 0.344. The number of hydrogen-bond donors (Lipinski definition) is 3. The van der Waals surface area contributed by atoms with Crippen LogP contribution in [-0.4, -0.2) is 225 Å². The van der Waals surface area contributed by atoms with Crippen LogP contribution in [0.2, 0.25) is 0 Å². The summed E-state index contributed by atoms with van der Waals surface area (Å²) >= 11 is 0. The number of imidazole rings is 3. The van der Waals surface area contributed by atoms with Crippen molar-refractivity contribution in [1.82, 2.24) is 62.8 Å². The third kappa shape index (κ3) is 21.5. The van der Waals surface area contributed by atoms with Crippen molar-refractivity contribution >= 4 is 69.6 Å². The van der Waals surface area contributed by atoms with Crippen LogP contribution < -0.4 is 52.2 Å². The predicted octanol–water partition coefficient (Wildman–Crippen LogP) is 10.8. The molecule has 50 heteroatoms. The third-order valence-corrected chi connectivity index (χ3v) is 23.2. The number of amides is 3. The second-order valence-corrected chi connectivity index (χ2v) is 32.0. The summed E-state index contributed by atoms with van der Waals surface area (Å²) in [6.07, 6.45) is -8.59. The van der Waals surface area contributed by atoms with Crippen molar-refractivity contribution in [3.8, 4) is 39.3 Å². The molecule has 3 saturated heterocycles. The van der Waals surface area contributed by atoms with Crippen LogP contribution in [0.1, 0.15) is 65.0 Å². The molecule has 140 heavy (non-hydrogen) atoms. The number of aromatic nitrogens is 10. The van der Waals surface area contributed by atoms with Crippen LogP contribution in [0.4, 0.5) is 96.1 Å². The average Bonchev–Trinajstić information content (AvgIpc) is 1.52. The highest BCUT2D eigenvalue weighted by Crippen LogP contribution is 2.41. The van der Waals surface area contributed by atoms with Crippen LogP contribution in [0.3, 0.4) is 0 Å². The van der Waals surface area contributed by atoms with Crippen LogP contribution in [0, 0.1) is 48.8 Å². The standard InChI is InChI=1S/C31H30F5N5O6.C30H25F8N5O4.C29H27F5N6O6/c1-16-11-23(45-3)25(29(43)39(16)2)19-6-5-17(41-8-7-37-27(19)41)14-22(30(44)46-4)38-28(42)26-20(32)12-18(13-21(26)33)40-9-10-47-15-24(40)31(34,35)36;1-15-9-19(29(33,34)35)25(40-13-15)18-4-3-16(43-6-5-39-26(18)43)12-22(28(45)46-2)41-27(44)24-20(31)10-17(11-21(24)32)42-7-8-47-14-23(42)30(36,37)38;1-37-13-18(26(42)38(2)28(37)44)17-5-4-15(40-7-6-35-24(17)40)12-21(27(43)45-3)36-25(41)23-19(30)10-16(11-20(23)31)39-8-9-46-14-22(39)29(32,33)34/h5-8,11-13,22,24H,9-10,14-15H2,1-4H3,(H,38,42);3-6,9-11,13,22-23H,7-8,12,14H2,1-2H3,(H,41,44);4-7,10-11,13,21-22H,8-9,12,14H2,1-3H3,(H,36,41)/t22-,24+;22-,23+;21-,22+/m000/s1. The highest BCUT2D eigenvalue weighted by molar-refractivity contribution is 6.00. The number of carbonyl (C=O) groups excluding carboxylic acids is 6. The predicted molar refractivity (Wildman–Crippen MR) is 460 cm³/mol. The van der Waals surface area contributed by atoms with E-state index in [1.54, 1.807) is 42.8 Å². The van der Waals surface area contributed by atoms with Crippen molar-refractivity contribution < 1.29 is 141 Å². The Morgan fingerprint density at radius 1 is 0.443 bits per heavy atom. The van der Waals surface area contributed by atoms with Crippen LogP contribution in [0.15, 0.2) is 149 Å². The molecule has 3 aliphatic rings. The van der Waals surface area contributed by atoms with Crippen LogP contribution >= 0.6 is 0 Å². The first-order valence-corrected chi connectivity index (χ1v) is 41.9. The number of methoxy groups -OCH3 is 4. The van der Waals surface area contributed by atoms with Crippen molar-refractivity contribution in [2.24, 2.45) is 21.1 Å². The Hall–Kier alpha value is -14.9. The van der Waals surface area contributed by atoms with Gasteiger partial charge < -0.3 is 86.1 Å². The van der Waals surface area contributed by atoms with Gasteiger partial charge in [0, 0.05) is 172 Å². The van der Waals surface area contributed by atoms with E-state index in [0.29, 0.717) is 76.0 Å². The van der Waals surface area contributed by atoms with E-state index < -0.39 is 208 Å². The van der Waals surface area contributed by atoms with Gasteiger partial charge in [-0.3, -0.25) is 33.5 Å². The summed E-state index contributed by atoms with van der Waals surface area (Å²) in [5.41, 5.74) is -3.71. The van der Waals surface area contributed by atoms with Crippen molar-refractivity contribution in [1.29, 1.82) is 0 Å². The summed E-state index contributed by atoms with van der Waals surface area (Å²) in [5, 5.41) is 6.71. The lowest BCUT2D eigenvalue weighted by molar-refractivity contribution is -0.167. The minimum atomic E-state index is -4.77. The topological polar surface area (TPSA) is 344 Å². The van der Waals surface area contributed by atoms with Crippen LogP contribution in [0.5, 0.6) is 5.75 Å². The molecule has 12 heterocycles. The van der Waals surface area contributed by atoms with Crippen molar-refractivity contribution in [3.05, 3.63) is 251 Å². The van der Waals surface area contributed by atoms with E-state index >= 15 is 26.3 Å². The minimum Gasteiger partial charge on any atom is -0.496 e. The van der Waals surface area contributed by atoms with E-state index in [0.717, 1.165) is 46.7 Å². The van der Waals surface area contributed by atoms with Crippen LogP contribution in [-0.2, 0) is 89.4 Å². The molecule has 6 atom stereocenters. The van der Waals surface area contributed by atoms with Crippen molar-refractivity contribution in [3.63, 3.8) is 0 Å². The lowest BCUT2D eigenvalue weighted by atomic mass is 10.0. The monoisotopic (exact) mass is 1980 g/mol. The Balaban J connectivity index is 0.000000177. The minimum absolute atomic E-state index is 0.0157. The van der Waals surface area contributed by atoms with E-state index in [1.165, 1.54) is 114 Å². The Bertz CT molecular complexity index is 6910. The number of benzene rings is 3. The molecular formula is C90H82F18N16O16. The van der Waals surface area contributed by atoms with Gasteiger partial charge in [0.05, 0.1) is 90.5 Å². The fourth-order valence-electron chi connectivity index (χ4n) is 16.2. The number of nitrogens with one attached hydrogen (secondary N) is 3. The molecule has 0 bridgehead atoms. The number of esters is 3. The fourth-order valence-corrected chi connectivity index (χ4v) is 16.2. The van der Waals surface area contributed by atoms with Gasteiger partial charge in [0.25, 0.3) is 28.8 Å². The normalized spacial score (nSPS) is 16.1. The molecule has 9 aromatic heterocycles. The summed E-state index contributed by atoms with van der Waals surface area (Å²) in [4.78, 5) is 135. The van der Waals surface area contributed by atoms with Gasteiger partial charge in [-0.05, 0) is 98.3 Å². The van der Waals surface area contributed by atoms with Crippen LogP contribution in [0.25, 0.3) is 50.5 Å². The van der Waals surface area contributed by atoms with Gasteiger partial charge in [0.1, 0.15) is 111 Å². The van der Waals surface area contributed by atoms with Gasteiger partial charge in [-0.25, -0.2) is 60.5 Å². The van der Waals surface area contributed by atoms with Crippen molar-refractivity contribution in [2.45, 2.75) is 94.1 Å². The molecule has 744 valence electrons. The van der Waals surface area contributed by atoms with Gasteiger partial charge in [-0.15, -0.1) is 0 Å². The van der Waals surface area contributed by atoms with E-state index in [9.17, 15) is 95.8 Å². The Morgan fingerprint density at radius 2 is 0.786 bits per heavy atom. The Morgan fingerprint density at radius 3 is 1.13 bits per heavy atom. The number of aryl methyl sites for hydroxylation is 3. The number of pyridine rings is 5. The van der Waals surface area contributed by atoms with E-state index in [-0.39, 0.29) is 104 Å². The zero-order valence-corrected chi connectivity index (χ0v) is 74.8. The highest BCUT2D eigenvalue weighted by atomic mass is 19.4. The molecule has 0 saturated carbocycles. The molecule has 3 fully saturated rings. The molecule has 3 N–H and O–H groups in total.